The molecule has 0 aromatic rings. The van der Waals surface area contributed by atoms with Crippen LogP contribution in [0.3, 0.4) is 0 Å². The van der Waals surface area contributed by atoms with E-state index in [1.54, 1.807) is 0 Å². The molecule has 84 valence electrons. The minimum atomic E-state index is -1.75. The number of quaternary nitrogens is 1. The number of halogens is 1. The van der Waals surface area contributed by atoms with Gasteiger partial charge in [-0.3, -0.25) is 0 Å². The Kier molecular flexibility index (Phi) is 32.2. The summed E-state index contributed by atoms with van der Waals surface area (Å²) in [6.07, 6.45) is 0. The van der Waals surface area contributed by atoms with Gasteiger partial charge in [-0.05, 0) is 0 Å². The molecule has 0 rings (SSSR count). The van der Waals surface area contributed by atoms with Crippen LogP contribution in [0.25, 0.3) is 0 Å². The van der Waals surface area contributed by atoms with Gasteiger partial charge in [0.1, 0.15) is 6.54 Å². The molecule has 0 saturated heterocycles. The Labute approximate surface area is 101 Å². The molecule has 9 heteroatoms. The van der Waals surface area contributed by atoms with Gasteiger partial charge >= 0.3 is 18.9 Å². The van der Waals surface area contributed by atoms with E-state index < -0.39 is 5.09 Å². The fraction of sp³-hybridized carbons (Fsp3) is 1.00. The number of hydrogen-bond donors (Lipinski definition) is 1. The number of aliphatic hydroxyl groups is 1. The van der Waals surface area contributed by atoms with Crippen LogP contribution in [-0.4, -0.2) is 54.4 Å². The molecule has 0 aromatic heterocycles. The smallest absolute Gasteiger partial charge is 1.00 e. The molecular weight excluding hydrogens is 210 g/mol. The van der Waals surface area contributed by atoms with Gasteiger partial charge in [-0.1, -0.05) is 0 Å². The van der Waals surface area contributed by atoms with Crippen LogP contribution < -0.4 is 31.3 Å². The van der Waals surface area contributed by atoms with Crippen LogP contribution >= 0.6 is 0 Å². The van der Waals surface area contributed by atoms with Gasteiger partial charge in [0.2, 0.25) is 0 Å². The van der Waals surface area contributed by atoms with Gasteiger partial charge in [-0.15, -0.1) is 0 Å². The van der Waals surface area contributed by atoms with Crippen LogP contribution in [0, 0.1) is 15.3 Å². The second kappa shape index (κ2) is 15.4. The number of nitrogens with zero attached hydrogens (tertiary/aromatic N) is 2. The van der Waals surface area contributed by atoms with E-state index in [-0.39, 0.29) is 43.4 Å². The quantitative estimate of drug-likeness (QED) is 0.218. The first-order valence-electron chi connectivity index (χ1n) is 3.02. The van der Waals surface area contributed by atoms with Gasteiger partial charge in [0.15, 0.2) is 0 Å². The summed E-state index contributed by atoms with van der Waals surface area (Å²) in [6, 6.07) is 0. The van der Waals surface area contributed by atoms with Gasteiger partial charge in [-0.2, -0.15) is 0 Å². The first-order valence-corrected chi connectivity index (χ1v) is 3.02. The number of likely N-dealkylation sites (N-methyl/N-ethyl adjacent to an activating group) is 1. The SMILES string of the molecule is C[N+](C)(C)CCO.O.O=[N+]([O-])[O-].[Cl-].[Li+]. The molecule has 0 bridgehead atoms. The Morgan fingerprint density at radius 3 is 1.50 bits per heavy atom. The maximum absolute atomic E-state index is 8.39. The van der Waals surface area contributed by atoms with Crippen molar-refractivity contribution in [1.29, 1.82) is 0 Å². The van der Waals surface area contributed by atoms with E-state index in [0.717, 1.165) is 11.0 Å². The normalized spacial score (nSPS) is 7.71. The van der Waals surface area contributed by atoms with Gasteiger partial charge in [0.25, 0.3) is 0 Å². The van der Waals surface area contributed by atoms with Crippen molar-refractivity contribution in [2.24, 2.45) is 0 Å². The summed E-state index contributed by atoms with van der Waals surface area (Å²) in [7, 11) is 6.16. The molecule has 0 aliphatic heterocycles. The number of aliphatic hydroxyl groups excluding tert-OH is 1. The van der Waals surface area contributed by atoms with Crippen molar-refractivity contribution in [1.82, 2.24) is 0 Å². The third-order valence-electron chi connectivity index (χ3n) is 0.771. The molecule has 3 N–H and O–H groups in total. The van der Waals surface area contributed by atoms with E-state index in [4.69, 9.17) is 20.4 Å². The first-order chi connectivity index (χ1) is 4.79. The summed E-state index contributed by atoms with van der Waals surface area (Å²) in [5.74, 6) is 0. The summed E-state index contributed by atoms with van der Waals surface area (Å²) >= 11 is 0. The molecule has 0 aliphatic carbocycles. The second-order valence-electron chi connectivity index (χ2n) is 2.96. The Hall–Kier alpha value is -0.0326. The molecule has 0 spiro atoms. The molecule has 0 atom stereocenters. The summed E-state index contributed by atoms with van der Waals surface area (Å²) in [5.41, 5.74) is 0. The maximum atomic E-state index is 8.39. The van der Waals surface area contributed by atoms with Crippen LogP contribution in [-0.2, 0) is 0 Å². The zero-order chi connectivity index (χ0) is 9.49. The minimum Gasteiger partial charge on any atom is -1.00 e. The average Bonchev–Trinajstić information content (AvgIpc) is 1.58. The predicted molar refractivity (Wildman–Crippen MR) is 44.0 cm³/mol. The topological polar surface area (TPSA) is 118 Å². The largest absolute Gasteiger partial charge is 1.00 e. The van der Waals surface area contributed by atoms with Crippen molar-refractivity contribution in [2.45, 2.75) is 0 Å². The van der Waals surface area contributed by atoms with E-state index in [2.05, 4.69) is 21.1 Å². The van der Waals surface area contributed by atoms with Crippen molar-refractivity contribution >= 4 is 0 Å². The van der Waals surface area contributed by atoms with Crippen LogP contribution in [0.4, 0.5) is 0 Å². The summed E-state index contributed by atoms with van der Waals surface area (Å²) in [5, 5.41) is 23.1. The van der Waals surface area contributed by atoms with E-state index in [0.29, 0.717) is 0 Å². The van der Waals surface area contributed by atoms with E-state index in [1.165, 1.54) is 0 Å². The molecule has 0 amide bonds. The zero-order valence-corrected chi connectivity index (χ0v) is 9.61. The third-order valence-corrected chi connectivity index (χ3v) is 0.771. The molecule has 14 heavy (non-hydrogen) atoms. The van der Waals surface area contributed by atoms with Gasteiger partial charge < -0.3 is 42.8 Å². The van der Waals surface area contributed by atoms with Crippen LogP contribution in [0.5, 0.6) is 0 Å². The summed E-state index contributed by atoms with van der Waals surface area (Å²) in [6.45, 7) is 1.11. The van der Waals surface area contributed by atoms with Crippen LogP contribution in [0.15, 0.2) is 0 Å². The third kappa shape index (κ3) is 91.5. The van der Waals surface area contributed by atoms with Crippen molar-refractivity contribution in [3.8, 4) is 0 Å². The fourth-order valence-electron chi connectivity index (χ4n) is 0.300. The fourth-order valence-corrected chi connectivity index (χ4v) is 0.300. The monoisotopic (exact) mass is 226 g/mol. The minimum absolute atomic E-state index is 0. The second-order valence-corrected chi connectivity index (χ2v) is 2.96. The molecule has 0 unspecified atom stereocenters. The number of hydrogen-bond acceptors (Lipinski definition) is 4. The van der Waals surface area contributed by atoms with E-state index in [1.807, 2.05) is 0 Å². The molecule has 7 nitrogen and oxygen atoms in total. The van der Waals surface area contributed by atoms with Gasteiger partial charge in [0, 0.05) is 0 Å². The Morgan fingerprint density at radius 1 is 1.29 bits per heavy atom. The average molecular weight is 227 g/mol. The van der Waals surface area contributed by atoms with Crippen molar-refractivity contribution in [3.05, 3.63) is 15.3 Å². The molecule has 0 fully saturated rings. The van der Waals surface area contributed by atoms with E-state index in [9.17, 15) is 0 Å². The van der Waals surface area contributed by atoms with Crippen molar-refractivity contribution in [3.63, 3.8) is 0 Å². The van der Waals surface area contributed by atoms with E-state index >= 15 is 0 Å². The molecular formula is C5H16ClLiN2O5. The molecule has 0 aromatic carbocycles. The van der Waals surface area contributed by atoms with Crippen LogP contribution in [0.1, 0.15) is 0 Å². The maximum Gasteiger partial charge on any atom is 1.00 e. The van der Waals surface area contributed by atoms with Gasteiger partial charge in [0.05, 0.1) is 32.8 Å². The Morgan fingerprint density at radius 2 is 1.50 bits per heavy atom. The Balaban J connectivity index is -0.0000000347. The Bertz CT molecular complexity index is 117. The standard InChI is InChI=1S/C5H14NO.ClH.Li.NO3.H2O/c1-6(2,3)4-5-7;;;2-1(3)4;/h7H,4-5H2,1-3H3;1H;;;1H2/q+1;;+1;-1;/p-1. The first kappa shape index (κ1) is 29.2. The molecule has 0 aliphatic rings. The summed E-state index contributed by atoms with van der Waals surface area (Å²) in [4.78, 5) is 8.25. The summed E-state index contributed by atoms with van der Waals surface area (Å²) < 4.78 is 0.844. The van der Waals surface area contributed by atoms with Crippen molar-refractivity contribution in [2.75, 3.05) is 34.3 Å². The predicted octanol–water partition coefficient (Wildman–Crippen LogP) is -7.37. The molecule has 0 radical (unpaired) electrons. The number of rotatable bonds is 2. The zero-order valence-electron chi connectivity index (χ0n) is 8.86. The van der Waals surface area contributed by atoms with Crippen molar-refractivity contribution < 1.29 is 51.4 Å². The molecule has 0 heterocycles. The van der Waals surface area contributed by atoms with Crippen LogP contribution in [0.2, 0.25) is 0 Å². The molecule has 0 saturated carbocycles. The van der Waals surface area contributed by atoms with Gasteiger partial charge in [-0.25, -0.2) is 0 Å².